The molecule has 0 aromatic heterocycles. The van der Waals surface area contributed by atoms with Crippen LogP contribution in [0, 0.1) is 24.4 Å². The van der Waals surface area contributed by atoms with Crippen molar-refractivity contribution in [3.8, 4) is 5.75 Å². The van der Waals surface area contributed by atoms with Crippen LogP contribution in [0.1, 0.15) is 52.5 Å². The van der Waals surface area contributed by atoms with Gasteiger partial charge < -0.3 is 25.0 Å². The maximum absolute atomic E-state index is 14.6. The van der Waals surface area contributed by atoms with Gasteiger partial charge in [0.05, 0.1) is 25.5 Å². The summed E-state index contributed by atoms with van der Waals surface area (Å²) < 4.78 is 50.8. The molecule has 1 aliphatic rings. The Morgan fingerprint density at radius 1 is 1.06 bits per heavy atom. The van der Waals surface area contributed by atoms with Gasteiger partial charge in [-0.3, -0.25) is 0 Å². The lowest BCUT2D eigenvalue weighted by molar-refractivity contribution is 0.0865. The number of aliphatic hydroxyl groups excluding tert-OH is 2. The fraction of sp³-hybridized carbons (Fsp3) is 0.500. The van der Waals surface area contributed by atoms with Gasteiger partial charge in [0.15, 0.2) is 11.6 Å². The van der Waals surface area contributed by atoms with Gasteiger partial charge in [-0.2, -0.15) is 0 Å². The molecule has 33 heavy (non-hydrogen) atoms. The third-order valence-corrected chi connectivity index (χ3v) is 6.10. The molecule has 3 rings (SSSR count). The minimum absolute atomic E-state index is 0.00737. The molecule has 1 atom stereocenters. The van der Waals surface area contributed by atoms with Crippen molar-refractivity contribution in [1.82, 2.24) is 0 Å². The Bertz CT molecular complexity index is 896. The summed E-state index contributed by atoms with van der Waals surface area (Å²) in [7, 11) is 1.32. The summed E-state index contributed by atoms with van der Waals surface area (Å²) in [6.45, 7) is 9.37. The average molecular weight is 489 g/mol. The molecule has 4 N–H and O–H groups in total. The standard InChI is InChI=1S/C20H23F3N2O3S.2C2H6/c1-11-3-4-15(13(21)7-11)24-19-17(23)14(22)8-16(28-2)18(19)25-29-20(5-6-20)9-12(27)10-26;2*1-2/h3-4,7-8,12,24-27H,5-6,9-10H2,1-2H3;2*1-2H3. The van der Waals surface area contributed by atoms with E-state index in [9.17, 15) is 18.3 Å². The first-order valence-electron chi connectivity index (χ1n) is 11.1. The van der Waals surface area contributed by atoms with E-state index in [0.29, 0.717) is 12.0 Å². The van der Waals surface area contributed by atoms with E-state index in [1.165, 1.54) is 31.2 Å². The maximum atomic E-state index is 14.6. The van der Waals surface area contributed by atoms with Crippen LogP contribution in [0.3, 0.4) is 0 Å². The zero-order valence-electron chi connectivity index (χ0n) is 20.1. The summed E-state index contributed by atoms with van der Waals surface area (Å²) in [5.74, 6) is -2.86. The molecule has 5 nitrogen and oxygen atoms in total. The fourth-order valence-electron chi connectivity index (χ4n) is 2.98. The number of methoxy groups -OCH3 is 1. The third-order valence-electron chi connectivity index (χ3n) is 4.78. The second-order valence-corrected chi connectivity index (χ2v) is 8.43. The molecule has 2 aromatic rings. The second kappa shape index (κ2) is 13.6. The highest BCUT2D eigenvalue weighted by molar-refractivity contribution is 8.02. The summed E-state index contributed by atoms with van der Waals surface area (Å²) in [4.78, 5) is 0. The van der Waals surface area contributed by atoms with Gasteiger partial charge in [-0.25, -0.2) is 13.2 Å². The van der Waals surface area contributed by atoms with Crippen LogP contribution < -0.4 is 14.8 Å². The van der Waals surface area contributed by atoms with Crippen LogP contribution in [0.15, 0.2) is 24.3 Å². The van der Waals surface area contributed by atoms with Crippen molar-refractivity contribution in [2.45, 2.75) is 64.7 Å². The molecule has 1 aliphatic carbocycles. The van der Waals surface area contributed by atoms with E-state index < -0.39 is 23.6 Å². The molecule has 0 amide bonds. The molecule has 0 heterocycles. The molecule has 0 spiro atoms. The molecular weight excluding hydrogens is 453 g/mol. The highest BCUT2D eigenvalue weighted by Crippen LogP contribution is 2.53. The Labute approximate surface area is 198 Å². The topological polar surface area (TPSA) is 73.8 Å². The first-order chi connectivity index (χ1) is 15.8. The number of hydrogen-bond acceptors (Lipinski definition) is 6. The van der Waals surface area contributed by atoms with Crippen LogP contribution >= 0.6 is 11.9 Å². The predicted octanol–water partition coefficient (Wildman–Crippen LogP) is 6.55. The van der Waals surface area contributed by atoms with E-state index in [1.54, 1.807) is 13.0 Å². The summed E-state index contributed by atoms with van der Waals surface area (Å²) >= 11 is 1.24. The van der Waals surface area contributed by atoms with E-state index in [2.05, 4.69) is 10.0 Å². The first kappa shape index (κ1) is 28.9. The highest BCUT2D eigenvalue weighted by atomic mass is 32.2. The van der Waals surface area contributed by atoms with Gasteiger partial charge in [0.25, 0.3) is 0 Å². The average Bonchev–Trinajstić information content (AvgIpc) is 3.59. The number of nitrogens with one attached hydrogen (secondary N) is 2. The molecule has 0 saturated heterocycles. The largest absolute Gasteiger partial charge is 0.494 e. The number of halogens is 3. The number of aryl methyl sites for hydroxylation is 1. The monoisotopic (exact) mass is 488 g/mol. The van der Waals surface area contributed by atoms with Gasteiger partial charge in [-0.15, -0.1) is 0 Å². The predicted molar refractivity (Wildman–Crippen MR) is 131 cm³/mol. The molecule has 186 valence electrons. The Morgan fingerprint density at radius 3 is 2.21 bits per heavy atom. The first-order valence-corrected chi connectivity index (χ1v) is 11.9. The van der Waals surface area contributed by atoms with Crippen molar-refractivity contribution in [1.29, 1.82) is 0 Å². The molecule has 0 bridgehead atoms. The molecule has 9 heteroatoms. The van der Waals surface area contributed by atoms with E-state index in [4.69, 9.17) is 9.84 Å². The highest BCUT2D eigenvalue weighted by Gasteiger charge is 2.45. The second-order valence-electron chi connectivity index (χ2n) is 7.16. The Morgan fingerprint density at radius 2 is 1.70 bits per heavy atom. The lowest BCUT2D eigenvalue weighted by Crippen LogP contribution is -2.21. The van der Waals surface area contributed by atoms with Crippen molar-refractivity contribution in [2.24, 2.45) is 0 Å². The molecule has 1 unspecified atom stereocenters. The number of anilines is 3. The van der Waals surface area contributed by atoms with Crippen LogP contribution in [-0.4, -0.2) is 34.8 Å². The number of benzene rings is 2. The molecule has 2 aromatic carbocycles. The maximum Gasteiger partial charge on any atom is 0.184 e. The number of hydrogen-bond donors (Lipinski definition) is 4. The van der Waals surface area contributed by atoms with Crippen LogP contribution in [0.25, 0.3) is 0 Å². The van der Waals surface area contributed by atoms with Gasteiger partial charge in [0.2, 0.25) is 0 Å². The molecule has 1 saturated carbocycles. The zero-order chi connectivity index (χ0) is 25.2. The van der Waals surface area contributed by atoms with E-state index in [0.717, 1.165) is 18.9 Å². The molecule has 1 fully saturated rings. The SMILES string of the molecule is CC.CC.COc1cc(F)c(F)c(Nc2ccc(C)cc2F)c1NSC1(CC(O)CO)CC1. The number of ether oxygens (including phenoxy) is 1. The van der Waals surface area contributed by atoms with Gasteiger partial charge >= 0.3 is 0 Å². The fourth-order valence-corrected chi connectivity index (χ4v) is 4.08. The van der Waals surface area contributed by atoms with Crippen molar-refractivity contribution in [3.63, 3.8) is 0 Å². The van der Waals surface area contributed by atoms with E-state index >= 15 is 0 Å². The summed E-state index contributed by atoms with van der Waals surface area (Å²) in [6, 6.07) is 5.29. The molecule has 0 radical (unpaired) electrons. The molecule has 0 aliphatic heterocycles. The Kier molecular flexibility index (Phi) is 11.9. The number of rotatable bonds is 9. The van der Waals surface area contributed by atoms with Crippen LogP contribution in [0.2, 0.25) is 0 Å². The Hall–Kier alpha value is -2.10. The van der Waals surface area contributed by atoms with Crippen LogP contribution in [0.4, 0.5) is 30.2 Å². The zero-order valence-corrected chi connectivity index (χ0v) is 20.9. The van der Waals surface area contributed by atoms with Crippen molar-refractivity contribution >= 4 is 29.0 Å². The quantitative estimate of drug-likeness (QED) is 0.300. The third kappa shape index (κ3) is 7.72. The van der Waals surface area contributed by atoms with E-state index in [1.807, 2.05) is 27.7 Å². The molecular formula is C24H35F3N2O3S. The summed E-state index contributed by atoms with van der Waals surface area (Å²) in [5, 5.41) is 21.4. The lowest BCUT2D eigenvalue weighted by atomic mass is 10.2. The van der Waals surface area contributed by atoms with Crippen LogP contribution in [-0.2, 0) is 0 Å². The Balaban J connectivity index is 0.00000129. The number of aliphatic hydroxyl groups is 2. The summed E-state index contributed by atoms with van der Waals surface area (Å²) in [5.41, 5.74) is 0.529. The minimum atomic E-state index is -1.17. The summed E-state index contributed by atoms with van der Waals surface area (Å²) in [6.07, 6.45) is 1.08. The van der Waals surface area contributed by atoms with Gasteiger partial charge in [-0.1, -0.05) is 33.8 Å². The van der Waals surface area contributed by atoms with Crippen LogP contribution in [0.5, 0.6) is 5.75 Å². The van der Waals surface area contributed by atoms with Gasteiger partial charge in [0.1, 0.15) is 22.9 Å². The van der Waals surface area contributed by atoms with Crippen molar-refractivity contribution in [3.05, 3.63) is 47.3 Å². The van der Waals surface area contributed by atoms with Gasteiger partial charge in [-0.05, 0) is 55.8 Å². The van der Waals surface area contributed by atoms with Gasteiger partial charge in [0, 0.05) is 10.8 Å². The smallest absolute Gasteiger partial charge is 0.184 e. The normalized spacial score (nSPS) is 14.2. The minimum Gasteiger partial charge on any atom is -0.494 e. The van der Waals surface area contributed by atoms with Crippen molar-refractivity contribution < 1.29 is 28.1 Å². The van der Waals surface area contributed by atoms with Crippen molar-refractivity contribution in [2.75, 3.05) is 23.8 Å². The lowest BCUT2D eigenvalue weighted by Gasteiger charge is -2.22. The van der Waals surface area contributed by atoms with E-state index in [-0.39, 0.29) is 34.2 Å².